The normalized spacial score (nSPS) is 16.6. The molecule has 0 aliphatic heterocycles. The Morgan fingerprint density at radius 1 is 1.05 bits per heavy atom. The molecule has 0 bridgehead atoms. The van der Waals surface area contributed by atoms with E-state index in [2.05, 4.69) is 29.6 Å². The van der Waals surface area contributed by atoms with Crippen LogP contribution in [-0.4, -0.2) is 21.3 Å². The van der Waals surface area contributed by atoms with E-state index in [4.69, 9.17) is 9.47 Å². The summed E-state index contributed by atoms with van der Waals surface area (Å²) in [4.78, 5) is 0. The summed E-state index contributed by atoms with van der Waals surface area (Å²) in [7, 11) is 5.41. The lowest BCUT2D eigenvalue weighted by atomic mass is 9.95. The molecular formula is C18H21NO2. The van der Waals surface area contributed by atoms with E-state index < -0.39 is 0 Å². The zero-order chi connectivity index (χ0) is 14.8. The lowest BCUT2D eigenvalue weighted by molar-refractivity contribution is 0.395. The first-order chi connectivity index (χ1) is 10.3. The van der Waals surface area contributed by atoms with Gasteiger partial charge in [0.2, 0.25) is 0 Å². The molecule has 0 saturated heterocycles. The van der Waals surface area contributed by atoms with Crippen LogP contribution in [0.5, 0.6) is 11.5 Å². The van der Waals surface area contributed by atoms with Crippen molar-refractivity contribution < 1.29 is 9.47 Å². The van der Waals surface area contributed by atoms with Crippen LogP contribution in [0.3, 0.4) is 0 Å². The van der Waals surface area contributed by atoms with Gasteiger partial charge >= 0.3 is 0 Å². The van der Waals surface area contributed by atoms with Crippen LogP contribution in [0.2, 0.25) is 0 Å². The Morgan fingerprint density at radius 3 is 2.62 bits per heavy atom. The fraction of sp³-hybridized carbons (Fsp3) is 0.333. The molecule has 1 aliphatic carbocycles. The van der Waals surface area contributed by atoms with Gasteiger partial charge in [0, 0.05) is 17.7 Å². The monoisotopic (exact) mass is 283 g/mol. The first kappa shape index (κ1) is 14.0. The Morgan fingerprint density at radius 2 is 1.90 bits per heavy atom. The first-order valence-corrected chi connectivity index (χ1v) is 7.30. The lowest BCUT2D eigenvalue weighted by Gasteiger charge is -2.15. The molecule has 0 amide bonds. The van der Waals surface area contributed by atoms with E-state index in [-0.39, 0.29) is 0 Å². The number of nitrogens with one attached hydrogen (secondary N) is 1. The smallest absolute Gasteiger partial charge is 0.130 e. The number of rotatable bonds is 4. The van der Waals surface area contributed by atoms with E-state index in [1.54, 1.807) is 14.2 Å². The molecule has 3 nitrogen and oxygen atoms in total. The quantitative estimate of drug-likeness (QED) is 0.930. The molecule has 3 heteroatoms. The zero-order valence-electron chi connectivity index (χ0n) is 12.8. The van der Waals surface area contributed by atoms with Gasteiger partial charge in [0.1, 0.15) is 11.5 Å². The van der Waals surface area contributed by atoms with Crippen molar-refractivity contribution in [1.29, 1.82) is 0 Å². The molecule has 3 rings (SSSR count). The average Bonchev–Trinajstić information content (AvgIpc) is 2.97. The van der Waals surface area contributed by atoms with Crippen molar-refractivity contribution in [3.05, 3.63) is 47.5 Å². The number of hydrogen-bond donors (Lipinski definition) is 1. The molecule has 21 heavy (non-hydrogen) atoms. The van der Waals surface area contributed by atoms with E-state index >= 15 is 0 Å². The topological polar surface area (TPSA) is 30.5 Å². The number of hydrogen-bond acceptors (Lipinski definition) is 3. The molecule has 1 atom stereocenters. The number of benzene rings is 2. The molecule has 0 fully saturated rings. The third-order valence-electron chi connectivity index (χ3n) is 4.32. The molecule has 110 valence electrons. The third-order valence-corrected chi connectivity index (χ3v) is 4.32. The lowest BCUT2D eigenvalue weighted by Crippen LogP contribution is -2.12. The van der Waals surface area contributed by atoms with Gasteiger partial charge in [-0.15, -0.1) is 0 Å². The van der Waals surface area contributed by atoms with E-state index in [0.29, 0.717) is 6.04 Å². The van der Waals surface area contributed by atoms with Crippen molar-refractivity contribution in [1.82, 2.24) is 5.32 Å². The third kappa shape index (κ3) is 2.38. The Labute approximate surface area is 125 Å². The Balaban J connectivity index is 2.12. The maximum Gasteiger partial charge on any atom is 0.130 e. The van der Waals surface area contributed by atoms with E-state index in [0.717, 1.165) is 29.9 Å². The fourth-order valence-electron chi connectivity index (χ4n) is 3.23. The van der Waals surface area contributed by atoms with Gasteiger partial charge < -0.3 is 14.8 Å². The van der Waals surface area contributed by atoms with Crippen LogP contribution in [0, 0.1) is 0 Å². The zero-order valence-corrected chi connectivity index (χ0v) is 12.8. The van der Waals surface area contributed by atoms with Crippen LogP contribution in [0.15, 0.2) is 36.4 Å². The molecule has 0 spiro atoms. The molecule has 1 aliphatic rings. The van der Waals surface area contributed by atoms with Crippen LogP contribution in [0.4, 0.5) is 0 Å². The summed E-state index contributed by atoms with van der Waals surface area (Å²) in [5.41, 5.74) is 5.24. The maximum absolute atomic E-state index is 5.56. The van der Waals surface area contributed by atoms with Crippen molar-refractivity contribution in [2.75, 3.05) is 21.3 Å². The minimum Gasteiger partial charge on any atom is -0.497 e. The minimum absolute atomic E-state index is 0.462. The molecule has 2 aromatic carbocycles. The molecule has 0 aromatic heterocycles. The first-order valence-electron chi connectivity index (χ1n) is 7.30. The largest absolute Gasteiger partial charge is 0.497 e. The van der Waals surface area contributed by atoms with Crippen molar-refractivity contribution in [2.45, 2.75) is 18.9 Å². The minimum atomic E-state index is 0.462. The van der Waals surface area contributed by atoms with Crippen molar-refractivity contribution in [3.63, 3.8) is 0 Å². The van der Waals surface area contributed by atoms with Crippen molar-refractivity contribution >= 4 is 0 Å². The number of methoxy groups -OCH3 is 2. The molecule has 0 heterocycles. The summed E-state index contributed by atoms with van der Waals surface area (Å²) in [5, 5.41) is 3.39. The van der Waals surface area contributed by atoms with E-state index in [1.807, 2.05) is 19.2 Å². The van der Waals surface area contributed by atoms with E-state index in [1.165, 1.54) is 16.7 Å². The summed E-state index contributed by atoms with van der Waals surface area (Å²) in [6.07, 6.45) is 2.26. The predicted molar refractivity (Wildman–Crippen MR) is 85.1 cm³/mol. The maximum atomic E-state index is 5.56. The van der Waals surface area contributed by atoms with Crippen molar-refractivity contribution in [3.8, 4) is 22.6 Å². The van der Waals surface area contributed by atoms with Gasteiger partial charge in [-0.25, -0.2) is 0 Å². The molecule has 2 aromatic rings. The Bertz CT molecular complexity index is 652. The van der Waals surface area contributed by atoms with E-state index in [9.17, 15) is 0 Å². The summed E-state index contributed by atoms with van der Waals surface area (Å²) >= 11 is 0. The summed E-state index contributed by atoms with van der Waals surface area (Å²) in [5.74, 6) is 1.67. The van der Waals surface area contributed by atoms with Gasteiger partial charge in [-0.3, -0.25) is 0 Å². The summed E-state index contributed by atoms with van der Waals surface area (Å²) in [6, 6.07) is 13.0. The van der Waals surface area contributed by atoms with Crippen LogP contribution in [0.25, 0.3) is 11.1 Å². The van der Waals surface area contributed by atoms with Gasteiger partial charge in [-0.2, -0.15) is 0 Å². The molecule has 1 N–H and O–H groups in total. The fourth-order valence-corrected chi connectivity index (χ4v) is 3.23. The Kier molecular flexibility index (Phi) is 3.84. The average molecular weight is 283 g/mol. The molecule has 0 saturated carbocycles. The molecule has 1 unspecified atom stereocenters. The summed E-state index contributed by atoms with van der Waals surface area (Å²) in [6.45, 7) is 0. The highest BCUT2D eigenvalue weighted by Crippen LogP contribution is 2.41. The number of fused-ring (bicyclic) bond motifs is 1. The second-order valence-electron chi connectivity index (χ2n) is 5.32. The van der Waals surface area contributed by atoms with Gasteiger partial charge in [0.05, 0.1) is 14.2 Å². The van der Waals surface area contributed by atoms with Crippen LogP contribution in [-0.2, 0) is 6.42 Å². The summed E-state index contributed by atoms with van der Waals surface area (Å²) < 4.78 is 10.8. The molecule has 0 radical (unpaired) electrons. The van der Waals surface area contributed by atoms with Gasteiger partial charge in [0.15, 0.2) is 0 Å². The highest BCUT2D eigenvalue weighted by molar-refractivity contribution is 5.76. The second kappa shape index (κ2) is 5.78. The van der Waals surface area contributed by atoms with Crippen LogP contribution >= 0.6 is 0 Å². The van der Waals surface area contributed by atoms with Crippen LogP contribution in [0.1, 0.15) is 23.6 Å². The highest BCUT2D eigenvalue weighted by atomic mass is 16.5. The predicted octanol–water partition coefficient (Wildman–Crippen LogP) is 3.58. The SMILES string of the molecule is CNC1CCc2c(-c3ccc(OC)cc3OC)cccc21. The van der Waals surface area contributed by atoms with Gasteiger partial charge in [-0.05, 0) is 48.7 Å². The van der Waals surface area contributed by atoms with Gasteiger partial charge in [-0.1, -0.05) is 18.2 Å². The second-order valence-corrected chi connectivity index (χ2v) is 5.32. The number of ether oxygens (including phenoxy) is 2. The Hall–Kier alpha value is -2.00. The standard InChI is InChI=1S/C18H21NO2/c1-19-17-10-9-14-13(5-4-6-15(14)17)16-8-7-12(20-2)11-18(16)21-3/h4-8,11,17,19H,9-10H2,1-3H3. The molecular weight excluding hydrogens is 262 g/mol. The highest BCUT2D eigenvalue weighted by Gasteiger charge is 2.24. The van der Waals surface area contributed by atoms with Crippen LogP contribution < -0.4 is 14.8 Å². The van der Waals surface area contributed by atoms with Gasteiger partial charge in [0.25, 0.3) is 0 Å². The van der Waals surface area contributed by atoms with Crippen molar-refractivity contribution in [2.24, 2.45) is 0 Å².